The summed E-state index contributed by atoms with van der Waals surface area (Å²) in [6.07, 6.45) is 4.94. The molecule has 0 bridgehead atoms. The first-order chi connectivity index (χ1) is 12.7. The van der Waals surface area contributed by atoms with E-state index in [1.807, 2.05) is 36.4 Å². The lowest BCUT2D eigenvalue weighted by Gasteiger charge is -2.06. The third-order valence-corrected chi connectivity index (χ3v) is 3.85. The normalized spacial score (nSPS) is 10.8. The molecule has 4 aromatic rings. The van der Waals surface area contributed by atoms with Crippen molar-refractivity contribution in [2.75, 3.05) is 5.73 Å². The molecule has 4 rings (SSSR count). The van der Waals surface area contributed by atoms with Crippen LogP contribution in [0.3, 0.4) is 0 Å². The van der Waals surface area contributed by atoms with Crippen LogP contribution >= 0.6 is 0 Å². The number of benzene rings is 1. The lowest BCUT2D eigenvalue weighted by atomic mass is 10.1. The standard InChI is InChI=1S/C18H15N7O/c19-16-15(18-23-17(24-25-18)12-4-6-20-7-5-12)22-14(9-21-16)13-3-1-2-11(8-13)10-26/h1-9,26H,10H2,(H2,19,21)(H,23,24,25). The summed E-state index contributed by atoms with van der Waals surface area (Å²) in [5, 5.41) is 16.4. The Morgan fingerprint density at radius 2 is 1.88 bits per heavy atom. The first-order valence-corrected chi connectivity index (χ1v) is 7.90. The predicted octanol–water partition coefficient (Wildman–Crippen LogP) is 2.07. The second-order valence-electron chi connectivity index (χ2n) is 5.59. The fourth-order valence-corrected chi connectivity index (χ4v) is 2.54. The van der Waals surface area contributed by atoms with Gasteiger partial charge in [0.15, 0.2) is 17.5 Å². The third-order valence-electron chi connectivity index (χ3n) is 3.85. The Morgan fingerprint density at radius 3 is 2.69 bits per heavy atom. The summed E-state index contributed by atoms with van der Waals surface area (Å²) in [5.41, 5.74) is 9.50. The van der Waals surface area contributed by atoms with Gasteiger partial charge in [-0.25, -0.2) is 15.0 Å². The maximum Gasteiger partial charge on any atom is 0.181 e. The number of aliphatic hydroxyl groups is 1. The van der Waals surface area contributed by atoms with Crippen LogP contribution in [-0.2, 0) is 6.61 Å². The molecule has 0 saturated carbocycles. The number of aromatic amines is 1. The van der Waals surface area contributed by atoms with Crippen molar-refractivity contribution >= 4 is 5.82 Å². The minimum atomic E-state index is -0.0412. The Kier molecular flexibility index (Phi) is 4.08. The van der Waals surface area contributed by atoms with Crippen LogP contribution in [0.25, 0.3) is 34.2 Å². The monoisotopic (exact) mass is 345 g/mol. The Morgan fingerprint density at radius 1 is 1.04 bits per heavy atom. The number of H-pyrrole nitrogens is 1. The molecule has 0 atom stereocenters. The van der Waals surface area contributed by atoms with Gasteiger partial charge in [-0.1, -0.05) is 18.2 Å². The summed E-state index contributed by atoms with van der Waals surface area (Å²) < 4.78 is 0. The largest absolute Gasteiger partial charge is 0.392 e. The number of anilines is 1. The van der Waals surface area contributed by atoms with Crippen molar-refractivity contribution in [3.05, 3.63) is 60.6 Å². The number of pyridine rings is 1. The van der Waals surface area contributed by atoms with E-state index in [9.17, 15) is 5.11 Å². The number of rotatable bonds is 4. The second kappa shape index (κ2) is 6.69. The number of nitrogens with two attached hydrogens (primary N) is 1. The molecule has 3 aromatic heterocycles. The fraction of sp³-hybridized carbons (Fsp3) is 0.0556. The van der Waals surface area contributed by atoms with Crippen LogP contribution in [0.15, 0.2) is 55.0 Å². The summed E-state index contributed by atoms with van der Waals surface area (Å²) in [6, 6.07) is 11.1. The Labute approximate surface area is 148 Å². The van der Waals surface area contributed by atoms with E-state index in [2.05, 4.69) is 30.1 Å². The molecule has 1 aromatic carbocycles. The van der Waals surface area contributed by atoms with Gasteiger partial charge in [-0.05, 0) is 23.8 Å². The molecule has 0 aliphatic rings. The lowest BCUT2D eigenvalue weighted by molar-refractivity contribution is 0.282. The molecule has 0 radical (unpaired) electrons. The van der Waals surface area contributed by atoms with Crippen LogP contribution in [0.5, 0.6) is 0 Å². The number of nitrogen functional groups attached to an aromatic ring is 1. The van der Waals surface area contributed by atoms with Gasteiger partial charge in [-0.2, -0.15) is 5.10 Å². The van der Waals surface area contributed by atoms with Gasteiger partial charge < -0.3 is 10.8 Å². The number of nitrogens with one attached hydrogen (secondary N) is 1. The second-order valence-corrected chi connectivity index (χ2v) is 5.59. The molecule has 0 saturated heterocycles. The minimum Gasteiger partial charge on any atom is -0.392 e. The Bertz CT molecular complexity index is 1050. The highest BCUT2D eigenvalue weighted by molar-refractivity contribution is 5.70. The summed E-state index contributed by atoms with van der Waals surface area (Å²) in [5.74, 6) is 1.21. The molecule has 0 amide bonds. The number of hydrogen-bond donors (Lipinski definition) is 3. The van der Waals surface area contributed by atoms with E-state index >= 15 is 0 Å². The Balaban J connectivity index is 1.74. The van der Waals surface area contributed by atoms with Crippen LogP contribution in [0, 0.1) is 0 Å². The molecular formula is C18H15N7O. The maximum atomic E-state index is 9.31. The van der Waals surface area contributed by atoms with Gasteiger partial charge in [0.25, 0.3) is 0 Å². The predicted molar refractivity (Wildman–Crippen MR) is 96.4 cm³/mol. The fourth-order valence-electron chi connectivity index (χ4n) is 2.54. The molecule has 8 heteroatoms. The van der Waals surface area contributed by atoms with Gasteiger partial charge >= 0.3 is 0 Å². The molecule has 0 spiro atoms. The average Bonchev–Trinajstić information content (AvgIpc) is 3.19. The molecule has 3 heterocycles. The highest BCUT2D eigenvalue weighted by Gasteiger charge is 2.14. The van der Waals surface area contributed by atoms with Crippen molar-refractivity contribution in [3.8, 4) is 34.2 Å². The van der Waals surface area contributed by atoms with E-state index < -0.39 is 0 Å². The SMILES string of the molecule is Nc1ncc(-c2cccc(CO)c2)nc1-c1nc(-c2ccncc2)n[nH]1. The molecular weight excluding hydrogens is 330 g/mol. The molecule has 26 heavy (non-hydrogen) atoms. The molecule has 128 valence electrons. The van der Waals surface area contributed by atoms with Gasteiger partial charge in [0.05, 0.1) is 18.5 Å². The molecule has 4 N–H and O–H groups in total. The summed E-state index contributed by atoms with van der Waals surface area (Å²) in [7, 11) is 0. The van der Waals surface area contributed by atoms with Crippen molar-refractivity contribution in [3.63, 3.8) is 0 Å². The lowest BCUT2D eigenvalue weighted by Crippen LogP contribution is -2.00. The van der Waals surface area contributed by atoms with Crippen molar-refractivity contribution in [2.45, 2.75) is 6.61 Å². The number of aliphatic hydroxyl groups excluding tert-OH is 1. The average molecular weight is 345 g/mol. The summed E-state index contributed by atoms with van der Waals surface area (Å²) in [6.45, 7) is -0.0412. The Hall–Kier alpha value is -3.65. The third kappa shape index (κ3) is 3.01. The smallest absolute Gasteiger partial charge is 0.181 e. The highest BCUT2D eigenvalue weighted by atomic mass is 16.3. The quantitative estimate of drug-likeness (QED) is 0.516. The molecule has 0 unspecified atom stereocenters. The van der Waals surface area contributed by atoms with Crippen molar-refractivity contribution in [2.24, 2.45) is 0 Å². The van der Waals surface area contributed by atoms with E-state index in [-0.39, 0.29) is 12.4 Å². The van der Waals surface area contributed by atoms with Gasteiger partial charge in [-0.3, -0.25) is 10.1 Å². The number of nitrogens with zero attached hydrogens (tertiary/aromatic N) is 5. The van der Waals surface area contributed by atoms with Crippen LogP contribution in [0.4, 0.5) is 5.82 Å². The molecule has 8 nitrogen and oxygen atoms in total. The zero-order chi connectivity index (χ0) is 17.9. The number of hydrogen-bond acceptors (Lipinski definition) is 7. The van der Waals surface area contributed by atoms with Crippen LogP contribution < -0.4 is 5.73 Å². The molecule has 0 aliphatic heterocycles. The van der Waals surface area contributed by atoms with E-state index in [0.717, 1.165) is 16.7 Å². The maximum absolute atomic E-state index is 9.31. The van der Waals surface area contributed by atoms with Gasteiger partial charge in [-0.15, -0.1) is 0 Å². The van der Waals surface area contributed by atoms with Gasteiger partial charge in [0.1, 0.15) is 5.69 Å². The van der Waals surface area contributed by atoms with Gasteiger partial charge in [0, 0.05) is 23.5 Å². The number of aromatic nitrogens is 6. The van der Waals surface area contributed by atoms with Crippen molar-refractivity contribution in [1.82, 2.24) is 30.1 Å². The first kappa shape index (κ1) is 15.9. The van der Waals surface area contributed by atoms with Crippen molar-refractivity contribution < 1.29 is 5.11 Å². The summed E-state index contributed by atoms with van der Waals surface area (Å²) in [4.78, 5) is 17.3. The molecule has 0 aliphatic carbocycles. The zero-order valence-corrected chi connectivity index (χ0v) is 13.7. The van der Waals surface area contributed by atoms with Crippen molar-refractivity contribution in [1.29, 1.82) is 0 Å². The highest BCUT2D eigenvalue weighted by Crippen LogP contribution is 2.25. The van der Waals surface area contributed by atoms with Crippen LogP contribution in [0.1, 0.15) is 5.56 Å². The topological polar surface area (TPSA) is 126 Å². The van der Waals surface area contributed by atoms with E-state index in [4.69, 9.17) is 5.73 Å². The zero-order valence-electron chi connectivity index (χ0n) is 13.7. The van der Waals surface area contributed by atoms with Gasteiger partial charge in [0.2, 0.25) is 0 Å². The van der Waals surface area contributed by atoms with Crippen LogP contribution in [0.2, 0.25) is 0 Å². The summed E-state index contributed by atoms with van der Waals surface area (Å²) >= 11 is 0. The van der Waals surface area contributed by atoms with E-state index in [0.29, 0.717) is 23.0 Å². The minimum absolute atomic E-state index is 0.0412. The molecule has 0 fully saturated rings. The van der Waals surface area contributed by atoms with Crippen LogP contribution in [-0.4, -0.2) is 35.2 Å². The first-order valence-electron chi connectivity index (χ1n) is 7.90. The van der Waals surface area contributed by atoms with E-state index in [1.165, 1.54) is 0 Å². The van der Waals surface area contributed by atoms with E-state index in [1.54, 1.807) is 18.6 Å².